The topological polar surface area (TPSA) is 45.5 Å². The monoisotopic (exact) mass is 264 g/mol. The van der Waals surface area contributed by atoms with E-state index in [0.717, 1.165) is 25.3 Å². The molecule has 2 heterocycles. The zero-order valence-electron chi connectivity index (χ0n) is 12.1. The molecule has 1 amide bonds. The van der Waals surface area contributed by atoms with Gasteiger partial charge in [-0.05, 0) is 37.9 Å². The molecule has 1 unspecified atom stereocenters. The summed E-state index contributed by atoms with van der Waals surface area (Å²) in [5.41, 5.74) is -0.247. The standard InChI is InChI=1S/C15H24N2O2/c1-4-17(10-13-6-5-9-19-13)14(18)15(12(2)3)7-8-16-11-15/h5-6,9,12,16H,4,7-8,10-11H2,1-3H3. The van der Waals surface area contributed by atoms with Crippen LogP contribution in [0.2, 0.25) is 0 Å². The van der Waals surface area contributed by atoms with Crippen LogP contribution in [-0.2, 0) is 11.3 Å². The average molecular weight is 264 g/mol. The second-order valence-corrected chi connectivity index (χ2v) is 5.64. The Bertz CT molecular complexity index is 406. The largest absolute Gasteiger partial charge is 0.467 e. The number of carbonyl (C=O) groups excluding carboxylic acids is 1. The van der Waals surface area contributed by atoms with E-state index in [1.54, 1.807) is 6.26 Å². The second-order valence-electron chi connectivity index (χ2n) is 5.64. The third-order valence-electron chi connectivity index (χ3n) is 4.32. The van der Waals surface area contributed by atoms with Crippen molar-refractivity contribution in [2.24, 2.45) is 11.3 Å². The van der Waals surface area contributed by atoms with Gasteiger partial charge in [0, 0.05) is 13.1 Å². The van der Waals surface area contributed by atoms with Crippen LogP contribution in [0.5, 0.6) is 0 Å². The number of rotatable bonds is 5. The van der Waals surface area contributed by atoms with E-state index in [1.807, 2.05) is 24.0 Å². The first-order valence-electron chi connectivity index (χ1n) is 7.12. The van der Waals surface area contributed by atoms with Gasteiger partial charge in [0.25, 0.3) is 0 Å². The predicted molar refractivity (Wildman–Crippen MR) is 74.6 cm³/mol. The van der Waals surface area contributed by atoms with Gasteiger partial charge < -0.3 is 14.6 Å². The van der Waals surface area contributed by atoms with Gasteiger partial charge in [0.2, 0.25) is 5.91 Å². The lowest BCUT2D eigenvalue weighted by Crippen LogP contribution is -2.47. The quantitative estimate of drug-likeness (QED) is 0.887. The number of nitrogens with zero attached hydrogens (tertiary/aromatic N) is 1. The highest BCUT2D eigenvalue weighted by Crippen LogP contribution is 2.36. The van der Waals surface area contributed by atoms with Gasteiger partial charge in [-0.15, -0.1) is 0 Å². The highest BCUT2D eigenvalue weighted by molar-refractivity contribution is 5.83. The summed E-state index contributed by atoms with van der Waals surface area (Å²) >= 11 is 0. The minimum Gasteiger partial charge on any atom is -0.467 e. The van der Waals surface area contributed by atoms with E-state index in [2.05, 4.69) is 19.2 Å². The molecule has 4 heteroatoms. The van der Waals surface area contributed by atoms with E-state index in [4.69, 9.17) is 4.42 Å². The molecule has 0 bridgehead atoms. The summed E-state index contributed by atoms with van der Waals surface area (Å²) in [5.74, 6) is 1.45. The van der Waals surface area contributed by atoms with E-state index < -0.39 is 0 Å². The summed E-state index contributed by atoms with van der Waals surface area (Å²) in [6.07, 6.45) is 2.58. The molecule has 1 N–H and O–H groups in total. The van der Waals surface area contributed by atoms with E-state index in [1.165, 1.54) is 0 Å². The van der Waals surface area contributed by atoms with Crippen LogP contribution < -0.4 is 5.32 Å². The molecule has 19 heavy (non-hydrogen) atoms. The Balaban J connectivity index is 2.15. The predicted octanol–water partition coefficient (Wildman–Crippen LogP) is 2.26. The van der Waals surface area contributed by atoms with Crippen molar-refractivity contribution in [1.29, 1.82) is 0 Å². The summed E-state index contributed by atoms with van der Waals surface area (Å²) in [6.45, 7) is 9.32. The molecule has 1 aromatic heterocycles. The SMILES string of the molecule is CCN(Cc1ccco1)C(=O)C1(C(C)C)CCNC1. The molecule has 1 saturated heterocycles. The summed E-state index contributed by atoms with van der Waals surface area (Å²) in [4.78, 5) is 14.8. The third-order valence-corrected chi connectivity index (χ3v) is 4.32. The Labute approximate surface area is 115 Å². The molecule has 1 fully saturated rings. The Hall–Kier alpha value is -1.29. The van der Waals surface area contributed by atoms with Gasteiger partial charge in [-0.2, -0.15) is 0 Å². The van der Waals surface area contributed by atoms with E-state index in [0.29, 0.717) is 19.0 Å². The van der Waals surface area contributed by atoms with Gasteiger partial charge in [-0.3, -0.25) is 4.79 Å². The molecule has 1 aliphatic heterocycles. The molecule has 0 aliphatic carbocycles. The maximum atomic E-state index is 12.9. The lowest BCUT2D eigenvalue weighted by Gasteiger charge is -2.36. The molecule has 4 nitrogen and oxygen atoms in total. The van der Waals surface area contributed by atoms with Crippen molar-refractivity contribution >= 4 is 5.91 Å². The molecule has 0 aromatic carbocycles. The minimum atomic E-state index is -0.247. The Morgan fingerprint density at radius 2 is 2.37 bits per heavy atom. The lowest BCUT2D eigenvalue weighted by atomic mass is 9.75. The van der Waals surface area contributed by atoms with Crippen LogP contribution >= 0.6 is 0 Å². The molecule has 0 spiro atoms. The van der Waals surface area contributed by atoms with Crippen molar-refractivity contribution < 1.29 is 9.21 Å². The van der Waals surface area contributed by atoms with Crippen molar-refractivity contribution in [2.45, 2.75) is 33.7 Å². The number of hydrogen-bond donors (Lipinski definition) is 1. The van der Waals surface area contributed by atoms with Crippen LogP contribution in [0.25, 0.3) is 0 Å². The summed E-state index contributed by atoms with van der Waals surface area (Å²) < 4.78 is 5.36. The molecule has 0 saturated carbocycles. The van der Waals surface area contributed by atoms with E-state index >= 15 is 0 Å². The van der Waals surface area contributed by atoms with Crippen LogP contribution in [0, 0.1) is 11.3 Å². The fourth-order valence-corrected chi connectivity index (χ4v) is 2.87. The van der Waals surface area contributed by atoms with Gasteiger partial charge in [-0.25, -0.2) is 0 Å². The smallest absolute Gasteiger partial charge is 0.230 e. The maximum Gasteiger partial charge on any atom is 0.230 e. The van der Waals surface area contributed by atoms with Gasteiger partial charge in [0.05, 0.1) is 18.2 Å². The van der Waals surface area contributed by atoms with Crippen LogP contribution in [-0.4, -0.2) is 30.4 Å². The summed E-state index contributed by atoms with van der Waals surface area (Å²) in [7, 11) is 0. The van der Waals surface area contributed by atoms with E-state index in [9.17, 15) is 4.79 Å². The Morgan fingerprint density at radius 1 is 1.58 bits per heavy atom. The number of carbonyl (C=O) groups is 1. The first-order valence-corrected chi connectivity index (χ1v) is 7.12. The molecule has 1 aliphatic rings. The molecule has 1 atom stereocenters. The molecular formula is C15H24N2O2. The van der Waals surface area contributed by atoms with Gasteiger partial charge in [-0.1, -0.05) is 13.8 Å². The molecule has 1 aromatic rings. The van der Waals surface area contributed by atoms with Crippen molar-refractivity contribution in [2.75, 3.05) is 19.6 Å². The van der Waals surface area contributed by atoms with E-state index in [-0.39, 0.29) is 11.3 Å². The number of nitrogens with one attached hydrogen (secondary N) is 1. The molecular weight excluding hydrogens is 240 g/mol. The fraction of sp³-hybridized carbons (Fsp3) is 0.667. The van der Waals surface area contributed by atoms with Crippen LogP contribution in [0.4, 0.5) is 0 Å². The number of furan rings is 1. The average Bonchev–Trinajstić information content (AvgIpc) is 3.06. The zero-order valence-corrected chi connectivity index (χ0v) is 12.1. The summed E-state index contributed by atoms with van der Waals surface area (Å²) in [6, 6.07) is 3.79. The Kier molecular flexibility index (Phi) is 4.30. The van der Waals surface area contributed by atoms with Crippen molar-refractivity contribution in [3.63, 3.8) is 0 Å². The number of amides is 1. The van der Waals surface area contributed by atoms with Crippen LogP contribution in [0.1, 0.15) is 33.0 Å². The first-order chi connectivity index (χ1) is 9.10. The number of hydrogen-bond acceptors (Lipinski definition) is 3. The molecule has 106 valence electrons. The third kappa shape index (κ3) is 2.68. The highest BCUT2D eigenvalue weighted by Gasteiger charge is 2.45. The van der Waals surface area contributed by atoms with Gasteiger partial charge in [0.15, 0.2) is 0 Å². The van der Waals surface area contributed by atoms with Crippen molar-refractivity contribution in [3.05, 3.63) is 24.2 Å². The first kappa shape index (κ1) is 14.1. The lowest BCUT2D eigenvalue weighted by molar-refractivity contribution is -0.144. The zero-order chi connectivity index (χ0) is 13.9. The van der Waals surface area contributed by atoms with Crippen molar-refractivity contribution in [1.82, 2.24) is 10.2 Å². The van der Waals surface area contributed by atoms with Crippen LogP contribution in [0.15, 0.2) is 22.8 Å². The van der Waals surface area contributed by atoms with Crippen molar-refractivity contribution in [3.8, 4) is 0 Å². The Morgan fingerprint density at radius 3 is 2.84 bits per heavy atom. The van der Waals surface area contributed by atoms with Crippen LogP contribution in [0.3, 0.4) is 0 Å². The minimum absolute atomic E-state index is 0.247. The highest BCUT2D eigenvalue weighted by atomic mass is 16.3. The molecule has 2 rings (SSSR count). The molecule has 0 radical (unpaired) electrons. The normalized spacial score (nSPS) is 22.9. The fourth-order valence-electron chi connectivity index (χ4n) is 2.87. The van der Waals surface area contributed by atoms with Gasteiger partial charge in [0.1, 0.15) is 5.76 Å². The summed E-state index contributed by atoms with van der Waals surface area (Å²) in [5, 5.41) is 3.34. The maximum absolute atomic E-state index is 12.9. The van der Waals surface area contributed by atoms with Gasteiger partial charge >= 0.3 is 0 Å². The second kappa shape index (κ2) is 5.78.